The number of aromatic nitrogens is 2. The molecule has 1 unspecified atom stereocenters. The first-order chi connectivity index (χ1) is 11.6. The third-order valence-corrected chi connectivity index (χ3v) is 4.16. The number of aryl methyl sites for hydroxylation is 1. The standard InChI is InChI=1S/C18H18ClN3O2/c1-3-18(23)22-4-5-24-11-17(22)14-6-13(7-15(19)8-14)16-10-20-9-12(2)21-16/h3,6-10,17H,1,4-5,11H2,2H3. The SMILES string of the molecule is C=CC(=O)N1CCOCC1c1cc(Cl)cc(-c2cncc(C)n2)c1. The highest BCUT2D eigenvalue weighted by Crippen LogP contribution is 2.31. The molecule has 1 fully saturated rings. The lowest BCUT2D eigenvalue weighted by Crippen LogP contribution is -2.42. The van der Waals surface area contributed by atoms with Gasteiger partial charge in [-0.1, -0.05) is 18.2 Å². The number of morpholine rings is 1. The summed E-state index contributed by atoms with van der Waals surface area (Å²) in [6.45, 7) is 6.95. The van der Waals surface area contributed by atoms with Crippen molar-refractivity contribution in [3.8, 4) is 11.3 Å². The van der Waals surface area contributed by atoms with Gasteiger partial charge in [0.1, 0.15) is 0 Å². The predicted octanol–water partition coefficient (Wildman–Crippen LogP) is 3.19. The summed E-state index contributed by atoms with van der Waals surface area (Å²) in [4.78, 5) is 22.6. The van der Waals surface area contributed by atoms with Crippen molar-refractivity contribution in [3.05, 3.63) is 59.5 Å². The second kappa shape index (κ2) is 7.11. The van der Waals surface area contributed by atoms with Crippen molar-refractivity contribution in [2.75, 3.05) is 19.8 Å². The normalized spacial score (nSPS) is 17.6. The molecule has 2 aromatic rings. The van der Waals surface area contributed by atoms with Crippen molar-refractivity contribution >= 4 is 17.5 Å². The summed E-state index contributed by atoms with van der Waals surface area (Å²) in [5.74, 6) is -0.111. The molecule has 6 heteroatoms. The highest BCUT2D eigenvalue weighted by atomic mass is 35.5. The number of nitrogens with zero attached hydrogens (tertiary/aromatic N) is 3. The van der Waals surface area contributed by atoms with Crippen LogP contribution in [-0.4, -0.2) is 40.5 Å². The molecule has 0 spiro atoms. The third-order valence-electron chi connectivity index (χ3n) is 3.94. The van der Waals surface area contributed by atoms with Crippen LogP contribution in [0.5, 0.6) is 0 Å². The fourth-order valence-corrected chi connectivity index (χ4v) is 3.06. The van der Waals surface area contributed by atoms with Crippen molar-refractivity contribution in [1.82, 2.24) is 14.9 Å². The van der Waals surface area contributed by atoms with E-state index >= 15 is 0 Å². The molecule has 5 nitrogen and oxygen atoms in total. The molecule has 0 bridgehead atoms. The maximum absolute atomic E-state index is 12.1. The average Bonchev–Trinajstić information content (AvgIpc) is 2.60. The number of hydrogen-bond acceptors (Lipinski definition) is 4. The second-order valence-electron chi connectivity index (χ2n) is 5.65. The molecule has 3 rings (SSSR count). The number of carbonyl (C=O) groups is 1. The van der Waals surface area contributed by atoms with Gasteiger partial charge in [0, 0.05) is 23.3 Å². The number of carbonyl (C=O) groups excluding carboxylic acids is 1. The molecular weight excluding hydrogens is 326 g/mol. The predicted molar refractivity (Wildman–Crippen MR) is 92.7 cm³/mol. The molecule has 1 atom stereocenters. The van der Waals surface area contributed by atoms with Crippen molar-refractivity contribution < 1.29 is 9.53 Å². The van der Waals surface area contributed by atoms with Crippen LogP contribution in [-0.2, 0) is 9.53 Å². The van der Waals surface area contributed by atoms with Gasteiger partial charge in [-0.2, -0.15) is 0 Å². The summed E-state index contributed by atoms with van der Waals surface area (Å²) >= 11 is 6.31. The van der Waals surface area contributed by atoms with Gasteiger partial charge in [0.05, 0.1) is 36.8 Å². The van der Waals surface area contributed by atoms with E-state index in [1.54, 1.807) is 17.3 Å². The van der Waals surface area contributed by atoms with Gasteiger partial charge in [0.25, 0.3) is 0 Å². The number of amides is 1. The molecule has 1 aliphatic heterocycles. The molecule has 2 heterocycles. The van der Waals surface area contributed by atoms with Crippen LogP contribution < -0.4 is 0 Å². The van der Waals surface area contributed by atoms with Gasteiger partial charge in [0.15, 0.2) is 0 Å². The minimum atomic E-state index is -0.195. The number of hydrogen-bond donors (Lipinski definition) is 0. The van der Waals surface area contributed by atoms with Gasteiger partial charge in [-0.05, 0) is 36.8 Å². The maximum Gasteiger partial charge on any atom is 0.246 e. The van der Waals surface area contributed by atoms with Crippen LogP contribution in [0, 0.1) is 6.92 Å². The first-order valence-electron chi connectivity index (χ1n) is 7.69. The van der Waals surface area contributed by atoms with Crippen LogP contribution in [0.15, 0.2) is 43.2 Å². The zero-order chi connectivity index (χ0) is 17.1. The topological polar surface area (TPSA) is 55.3 Å². The first-order valence-corrected chi connectivity index (χ1v) is 8.06. The van der Waals surface area contributed by atoms with E-state index in [1.165, 1.54) is 6.08 Å². The lowest BCUT2D eigenvalue weighted by Gasteiger charge is -2.35. The minimum absolute atomic E-state index is 0.111. The van der Waals surface area contributed by atoms with Crippen molar-refractivity contribution in [2.45, 2.75) is 13.0 Å². The number of ether oxygens (including phenoxy) is 1. The summed E-state index contributed by atoms with van der Waals surface area (Å²) in [5, 5.41) is 0.586. The zero-order valence-electron chi connectivity index (χ0n) is 13.4. The smallest absolute Gasteiger partial charge is 0.246 e. The number of halogens is 1. The summed E-state index contributed by atoms with van der Waals surface area (Å²) in [7, 11) is 0. The van der Waals surface area contributed by atoms with Crippen LogP contribution in [0.25, 0.3) is 11.3 Å². The minimum Gasteiger partial charge on any atom is -0.377 e. The highest BCUT2D eigenvalue weighted by molar-refractivity contribution is 6.31. The van der Waals surface area contributed by atoms with E-state index < -0.39 is 0 Å². The largest absolute Gasteiger partial charge is 0.377 e. The van der Waals surface area contributed by atoms with Crippen LogP contribution >= 0.6 is 11.6 Å². The Balaban J connectivity index is 2.01. The number of benzene rings is 1. The summed E-state index contributed by atoms with van der Waals surface area (Å²) < 4.78 is 5.57. The Morgan fingerprint density at radius 1 is 1.42 bits per heavy atom. The second-order valence-corrected chi connectivity index (χ2v) is 6.08. The molecule has 0 N–H and O–H groups in total. The van der Waals surface area contributed by atoms with Gasteiger partial charge in [-0.15, -0.1) is 0 Å². The van der Waals surface area contributed by atoms with E-state index in [4.69, 9.17) is 16.3 Å². The first kappa shape index (κ1) is 16.6. The van der Waals surface area contributed by atoms with Crippen LogP contribution in [0.3, 0.4) is 0 Å². The van der Waals surface area contributed by atoms with E-state index in [0.717, 1.165) is 22.5 Å². The molecule has 1 saturated heterocycles. The lowest BCUT2D eigenvalue weighted by atomic mass is 10.0. The lowest BCUT2D eigenvalue weighted by molar-refractivity contribution is -0.134. The fourth-order valence-electron chi connectivity index (χ4n) is 2.82. The monoisotopic (exact) mass is 343 g/mol. The van der Waals surface area contributed by atoms with Crippen LogP contribution in [0.1, 0.15) is 17.3 Å². The summed E-state index contributed by atoms with van der Waals surface area (Å²) in [6, 6.07) is 5.49. The van der Waals surface area contributed by atoms with Crippen molar-refractivity contribution in [3.63, 3.8) is 0 Å². The van der Waals surface area contributed by atoms with Gasteiger partial charge in [0.2, 0.25) is 5.91 Å². The average molecular weight is 344 g/mol. The molecule has 24 heavy (non-hydrogen) atoms. The quantitative estimate of drug-likeness (QED) is 0.803. The molecule has 1 aromatic heterocycles. The summed E-state index contributed by atoms with van der Waals surface area (Å²) in [6.07, 6.45) is 4.73. The van der Waals surface area contributed by atoms with Gasteiger partial charge in [-0.25, -0.2) is 4.98 Å². The Labute approximate surface area is 145 Å². The summed E-state index contributed by atoms with van der Waals surface area (Å²) in [5.41, 5.74) is 3.36. The molecule has 0 aliphatic carbocycles. The molecule has 0 saturated carbocycles. The highest BCUT2D eigenvalue weighted by Gasteiger charge is 2.27. The molecule has 1 aliphatic rings. The zero-order valence-corrected chi connectivity index (χ0v) is 14.2. The van der Waals surface area contributed by atoms with E-state index in [2.05, 4.69) is 16.5 Å². The molecule has 0 radical (unpaired) electrons. The molecule has 124 valence electrons. The Kier molecular flexibility index (Phi) is 4.92. The third kappa shape index (κ3) is 3.47. The van der Waals surface area contributed by atoms with E-state index in [-0.39, 0.29) is 11.9 Å². The van der Waals surface area contributed by atoms with Crippen molar-refractivity contribution in [1.29, 1.82) is 0 Å². The Hall–Kier alpha value is -2.24. The Bertz CT molecular complexity index is 779. The van der Waals surface area contributed by atoms with Gasteiger partial charge < -0.3 is 9.64 Å². The van der Waals surface area contributed by atoms with E-state index in [0.29, 0.717) is 24.8 Å². The van der Waals surface area contributed by atoms with E-state index in [1.807, 2.05) is 25.1 Å². The molecule has 1 aromatic carbocycles. The van der Waals surface area contributed by atoms with Gasteiger partial charge in [-0.3, -0.25) is 9.78 Å². The Morgan fingerprint density at radius 3 is 3.00 bits per heavy atom. The van der Waals surface area contributed by atoms with Crippen molar-refractivity contribution in [2.24, 2.45) is 0 Å². The maximum atomic E-state index is 12.1. The fraction of sp³-hybridized carbons (Fsp3) is 0.278. The van der Waals surface area contributed by atoms with Gasteiger partial charge >= 0.3 is 0 Å². The molecule has 1 amide bonds. The molecular formula is C18H18ClN3O2. The Morgan fingerprint density at radius 2 is 2.25 bits per heavy atom. The number of rotatable bonds is 3. The van der Waals surface area contributed by atoms with E-state index in [9.17, 15) is 4.79 Å². The van der Waals surface area contributed by atoms with Crippen LogP contribution in [0.2, 0.25) is 5.02 Å². The van der Waals surface area contributed by atoms with Crippen LogP contribution in [0.4, 0.5) is 0 Å².